The molecule has 0 unspecified atom stereocenters. The molecule has 0 atom stereocenters. The molecule has 0 amide bonds. The molecule has 0 aliphatic carbocycles. The Kier molecular flexibility index (Phi) is 4.42. The van der Waals surface area contributed by atoms with Gasteiger partial charge >= 0.3 is 0 Å². The van der Waals surface area contributed by atoms with E-state index in [1.165, 1.54) is 0 Å². The zero-order valence-corrected chi connectivity index (χ0v) is 11.5. The van der Waals surface area contributed by atoms with Crippen molar-refractivity contribution in [1.29, 1.82) is 5.26 Å². The van der Waals surface area contributed by atoms with Gasteiger partial charge in [-0.15, -0.1) is 10.2 Å². The Labute approximate surface area is 112 Å². The Hall–Kier alpha value is -1.03. The van der Waals surface area contributed by atoms with Crippen LogP contribution in [0.3, 0.4) is 0 Å². The number of aromatic nitrogens is 2. The van der Waals surface area contributed by atoms with Crippen LogP contribution in [0.5, 0.6) is 0 Å². The van der Waals surface area contributed by atoms with Crippen LogP contribution in [0.2, 0.25) is 0 Å². The number of thioether (sulfide) groups is 2. The summed E-state index contributed by atoms with van der Waals surface area (Å²) in [5.74, 6) is 0.818. The van der Waals surface area contributed by atoms with Gasteiger partial charge in [-0.3, -0.25) is 0 Å². The normalized spacial score (nSPS) is 10.1. The second kappa shape index (κ2) is 6.05. The number of hydrogen-bond donors (Lipinski definition) is 0. The van der Waals surface area contributed by atoms with Crippen molar-refractivity contribution in [3.8, 4) is 6.07 Å². The summed E-state index contributed by atoms with van der Waals surface area (Å²) in [6, 6.07) is 9.78. The van der Waals surface area contributed by atoms with Crippen molar-refractivity contribution in [3.63, 3.8) is 0 Å². The lowest BCUT2D eigenvalue weighted by Gasteiger charge is -1.98. The lowest BCUT2D eigenvalue weighted by molar-refractivity contribution is 0.955. The first-order valence-electron chi connectivity index (χ1n) is 4.81. The van der Waals surface area contributed by atoms with Gasteiger partial charge in [0, 0.05) is 5.75 Å². The van der Waals surface area contributed by atoms with Gasteiger partial charge in [-0.05, 0) is 24.0 Å². The molecule has 0 fully saturated rings. The van der Waals surface area contributed by atoms with E-state index in [2.05, 4.69) is 16.3 Å². The van der Waals surface area contributed by atoms with Crippen LogP contribution < -0.4 is 0 Å². The zero-order valence-electron chi connectivity index (χ0n) is 9.08. The molecule has 0 radical (unpaired) electrons. The molecular weight excluding hydrogens is 270 g/mol. The summed E-state index contributed by atoms with van der Waals surface area (Å²) in [7, 11) is 0. The smallest absolute Gasteiger partial charge is 0.175 e. The molecule has 2 aromatic rings. The van der Waals surface area contributed by atoms with Crippen LogP contribution in [0.1, 0.15) is 11.1 Å². The van der Waals surface area contributed by atoms with Crippen molar-refractivity contribution >= 4 is 34.9 Å². The van der Waals surface area contributed by atoms with E-state index >= 15 is 0 Å². The minimum Gasteiger partial charge on any atom is -0.192 e. The van der Waals surface area contributed by atoms with Gasteiger partial charge < -0.3 is 0 Å². The number of benzene rings is 1. The van der Waals surface area contributed by atoms with Gasteiger partial charge in [0.1, 0.15) is 0 Å². The lowest BCUT2D eigenvalue weighted by atomic mass is 10.2. The summed E-state index contributed by atoms with van der Waals surface area (Å²) in [6.45, 7) is 0. The Morgan fingerprint density at radius 3 is 2.88 bits per heavy atom. The van der Waals surface area contributed by atoms with Gasteiger partial charge in [-0.1, -0.05) is 47.0 Å². The van der Waals surface area contributed by atoms with Gasteiger partial charge in [0.2, 0.25) is 0 Å². The highest BCUT2D eigenvalue weighted by Crippen LogP contribution is 2.29. The topological polar surface area (TPSA) is 49.6 Å². The van der Waals surface area contributed by atoms with Gasteiger partial charge in [-0.2, -0.15) is 5.26 Å². The molecular formula is C11H9N3S3. The van der Waals surface area contributed by atoms with E-state index in [-0.39, 0.29) is 0 Å². The predicted octanol–water partition coefficient (Wildman–Crippen LogP) is 3.42. The number of nitriles is 1. The number of rotatable bonds is 4. The van der Waals surface area contributed by atoms with Crippen LogP contribution in [0.15, 0.2) is 32.9 Å². The molecule has 1 aromatic carbocycles. The summed E-state index contributed by atoms with van der Waals surface area (Å²) < 4.78 is 1.95. The maximum Gasteiger partial charge on any atom is 0.175 e. The van der Waals surface area contributed by atoms with E-state index < -0.39 is 0 Å². The Bertz CT molecular complexity index is 545. The molecule has 0 bridgehead atoms. The largest absolute Gasteiger partial charge is 0.192 e. The molecule has 0 spiro atoms. The summed E-state index contributed by atoms with van der Waals surface area (Å²) in [4.78, 5) is 0. The molecule has 1 heterocycles. The van der Waals surface area contributed by atoms with Crippen molar-refractivity contribution in [2.45, 2.75) is 14.4 Å². The second-order valence-corrected chi connectivity index (χ2v) is 6.39. The summed E-state index contributed by atoms with van der Waals surface area (Å²) >= 11 is 4.86. The van der Waals surface area contributed by atoms with Gasteiger partial charge in [-0.25, -0.2) is 0 Å². The van der Waals surface area contributed by atoms with Gasteiger partial charge in [0.05, 0.1) is 11.6 Å². The third kappa shape index (κ3) is 3.46. The minimum atomic E-state index is 0.699. The van der Waals surface area contributed by atoms with E-state index in [1.807, 2.05) is 30.5 Å². The van der Waals surface area contributed by atoms with Crippen molar-refractivity contribution in [3.05, 3.63) is 35.4 Å². The molecule has 0 aliphatic heterocycles. The van der Waals surface area contributed by atoms with Crippen molar-refractivity contribution < 1.29 is 0 Å². The molecule has 2 rings (SSSR count). The molecule has 3 nitrogen and oxygen atoms in total. The Morgan fingerprint density at radius 1 is 1.35 bits per heavy atom. The second-order valence-electron chi connectivity index (χ2n) is 3.14. The van der Waals surface area contributed by atoms with E-state index in [0.29, 0.717) is 5.56 Å². The Morgan fingerprint density at radius 2 is 2.18 bits per heavy atom. The highest BCUT2D eigenvalue weighted by Gasteiger charge is 2.04. The van der Waals surface area contributed by atoms with E-state index in [1.54, 1.807) is 34.9 Å². The molecule has 0 aliphatic rings. The molecule has 1 aromatic heterocycles. The third-order valence-corrected chi connectivity index (χ3v) is 5.08. The highest BCUT2D eigenvalue weighted by molar-refractivity contribution is 8.02. The van der Waals surface area contributed by atoms with Gasteiger partial charge in [0.15, 0.2) is 8.68 Å². The van der Waals surface area contributed by atoms with Crippen LogP contribution in [0.4, 0.5) is 0 Å². The molecule has 6 heteroatoms. The molecule has 0 saturated carbocycles. The summed E-state index contributed by atoms with van der Waals surface area (Å²) in [6.07, 6.45) is 1.99. The first-order chi connectivity index (χ1) is 8.31. The molecule has 0 N–H and O–H groups in total. The molecule has 17 heavy (non-hydrogen) atoms. The van der Waals surface area contributed by atoms with E-state index in [9.17, 15) is 0 Å². The van der Waals surface area contributed by atoms with Crippen molar-refractivity contribution in [2.24, 2.45) is 0 Å². The Balaban J connectivity index is 1.99. The molecule has 0 saturated heterocycles. The fourth-order valence-electron chi connectivity index (χ4n) is 1.21. The maximum atomic E-state index is 8.80. The van der Waals surface area contributed by atoms with Gasteiger partial charge in [0.25, 0.3) is 0 Å². The predicted molar refractivity (Wildman–Crippen MR) is 72.4 cm³/mol. The minimum absolute atomic E-state index is 0.699. The van der Waals surface area contributed by atoms with Crippen LogP contribution in [-0.4, -0.2) is 16.5 Å². The maximum absolute atomic E-state index is 8.80. The molecule has 86 valence electrons. The zero-order chi connectivity index (χ0) is 12.1. The summed E-state index contributed by atoms with van der Waals surface area (Å²) in [5.41, 5.74) is 1.83. The van der Waals surface area contributed by atoms with Crippen LogP contribution >= 0.6 is 34.9 Å². The average molecular weight is 279 g/mol. The average Bonchev–Trinajstić information content (AvgIpc) is 2.84. The SMILES string of the molecule is CSc1nnc(SCc2cccc(C#N)c2)s1. The van der Waals surface area contributed by atoms with Crippen molar-refractivity contribution in [2.75, 3.05) is 6.26 Å². The first kappa shape index (κ1) is 12.4. The fourth-order valence-corrected chi connectivity index (χ4v) is 3.59. The fraction of sp³-hybridized carbons (Fsp3) is 0.182. The van der Waals surface area contributed by atoms with E-state index in [0.717, 1.165) is 20.0 Å². The number of hydrogen-bond acceptors (Lipinski definition) is 6. The monoisotopic (exact) mass is 279 g/mol. The number of nitrogens with zero attached hydrogens (tertiary/aromatic N) is 3. The summed E-state index contributed by atoms with van der Waals surface area (Å²) in [5, 5.41) is 16.9. The highest BCUT2D eigenvalue weighted by atomic mass is 32.2. The van der Waals surface area contributed by atoms with Crippen LogP contribution in [0, 0.1) is 11.3 Å². The van der Waals surface area contributed by atoms with Crippen molar-refractivity contribution in [1.82, 2.24) is 10.2 Å². The lowest BCUT2D eigenvalue weighted by Crippen LogP contribution is -1.82. The van der Waals surface area contributed by atoms with E-state index in [4.69, 9.17) is 5.26 Å². The third-order valence-electron chi connectivity index (χ3n) is 1.98. The van der Waals surface area contributed by atoms with Crippen LogP contribution in [-0.2, 0) is 5.75 Å². The van der Waals surface area contributed by atoms with Crippen LogP contribution in [0.25, 0.3) is 0 Å². The standard InChI is InChI=1S/C11H9N3S3/c1-15-10-13-14-11(17-10)16-7-9-4-2-3-8(5-9)6-12/h2-5H,7H2,1H3. The first-order valence-corrected chi connectivity index (χ1v) is 7.84. The quantitative estimate of drug-likeness (QED) is 0.803.